The van der Waals surface area contributed by atoms with E-state index in [0.717, 1.165) is 18.6 Å². The number of allylic oxidation sites excluding steroid dienone is 1. The SMILES string of the molecule is C/C=C/COc1ccccc1CCC. The molecule has 0 bridgehead atoms. The molecule has 76 valence electrons. The average molecular weight is 190 g/mol. The Morgan fingerprint density at radius 2 is 2.07 bits per heavy atom. The van der Waals surface area contributed by atoms with Crippen LogP contribution in [0.3, 0.4) is 0 Å². The summed E-state index contributed by atoms with van der Waals surface area (Å²) in [5, 5.41) is 0. The number of hydrogen-bond donors (Lipinski definition) is 0. The molecule has 1 rings (SSSR count). The highest BCUT2D eigenvalue weighted by Crippen LogP contribution is 2.19. The van der Waals surface area contributed by atoms with Crippen LogP contribution >= 0.6 is 0 Å². The molecule has 1 heteroatoms. The lowest BCUT2D eigenvalue weighted by Gasteiger charge is -2.08. The number of benzene rings is 1. The van der Waals surface area contributed by atoms with Crippen molar-refractivity contribution in [3.8, 4) is 5.75 Å². The highest BCUT2D eigenvalue weighted by Gasteiger charge is 1.99. The highest BCUT2D eigenvalue weighted by atomic mass is 16.5. The first-order valence-corrected chi connectivity index (χ1v) is 5.20. The molecule has 0 aliphatic carbocycles. The van der Waals surface area contributed by atoms with Crippen molar-refractivity contribution in [1.82, 2.24) is 0 Å². The number of para-hydroxylation sites is 1. The fraction of sp³-hybridized carbons (Fsp3) is 0.385. The second-order valence-corrected chi connectivity index (χ2v) is 3.24. The Balaban J connectivity index is 2.63. The van der Waals surface area contributed by atoms with E-state index < -0.39 is 0 Å². The maximum absolute atomic E-state index is 5.64. The van der Waals surface area contributed by atoms with E-state index in [-0.39, 0.29) is 0 Å². The first kappa shape index (κ1) is 10.8. The molecule has 14 heavy (non-hydrogen) atoms. The van der Waals surface area contributed by atoms with E-state index in [4.69, 9.17) is 4.74 Å². The molecule has 0 aliphatic rings. The normalized spacial score (nSPS) is 10.7. The Kier molecular flexibility index (Phi) is 4.84. The topological polar surface area (TPSA) is 9.23 Å². The van der Waals surface area contributed by atoms with Crippen molar-refractivity contribution < 1.29 is 4.74 Å². The summed E-state index contributed by atoms with van der Waals surface area (Å²) in [6.45, 7) is 4.85. The molecule has 0 heterocycles. The van der Waals surface area contributed by atoms with Gasteiger partial charge in [0.05, 0.1) is 0 Å². The first-order valence-electron chi connectivity index (χ1n) is 5.20. The quantitative estimate of drug-likeness (QED) is 0.645. The predicted molar refractivity (Wildman–Crippen MR) is 60.7 cm³/mol. The third-order valence-electron chi connectivity index (χ3n) is 2.06. The van der Waals surface area contributed by atoms with E-state index in [1.54, 1.807) is 0 Å². The summed E-state index contributed by atoms with van der Waals surface area (Å²) in [5.74, 6) is 1.02. The molecule has 0 aliphatic heterocycles. The van der Waals surface area contributed by atoms with Crippen LogP contribution in [-0.2, 0) is 6.42 Å². The van der Waals surface area contributed by atoms with Crippen molar-refractivity contribution in [2.24, 2.45) is 0 Å². The van der Waals surface area contributed by atoms with Crippen LogP contribution in [-0.4, -0.2) is 6.61 Å². The molecule has 0 aromatic heterocycles. The second kappa shape index (κ2) is 6.25. The fourth-order valence-corrected chi connectivity index (χ4v) is 1.35. The molecule has 0 amide bonds. The molecular weight excluding hydrogens is 172 g/mol. The zero-order valence-electron chi connectivity index (χ0n) is 8.99. The van der Waals surface area contributed by atoms with Gasteiger partial charge in [-0.2, -0.15) is 0 Å². The summed E-state index contributed by atoms with van der Waals surface area (Å²) in [5.41, 5.74) is 1.31. The van der Waals surface area contributed by atoms with Crippen molar-refractivity contribution >= 4 is 0 Å². The minimum Gasteiger partial charge on any atom is -0.489 e. The van der Waals surface area contributed by atoms with Gasteiger partial charge in [-0.15, -0.1) is 0 Å². The predicted octanol–water partition coefficient (Wildman–Crippen LogP) is 3.59. The number of aryl methyl sites for hydroxylation is 1. The van der Waals surface area contributed by atoms with Crippen LogP contribution in [0, 0.1) is 0 Å². The summed E-state index contributed by atoms with van der Waals surface area (Å²) in [6, 6.07) is 8.25. The minimum atomic E-state index is 0.664. The van der Waals surface area contributed by atoms with Crippen molar-refractivity contribution in [2.75, 3.05) is 6.61 Å². The van der Waals surface area contributed by atoms with Gasteiger partial charge in [0, 0.05) is 0 Å². The average Bonchev–Trinajstić information content (AvgIpc) is 2.21. The van der Waals surface area contributed by atoms with Gasteiger partial charge in [0.15, 0.2) is 0 Å². The van der Waals surface area contributed by atoms with Crippen molar-refractivity contribution in [2.45, 2.75) is 26.7 Å². The summed E-state index contributed by atoms with van der Waals surface area (Å²) < 4.78 is 5.64. The van der Waals surface area contributed by atoms with Gasteiger partial charge in [0.25, 0.3) is 0 Å². The van der Waals surface area contributed by atoms with Gasteiger partial charge in [-0.25, -0.2) is 0 Å². The summed E-state index contributed by atoms with van der Waals surface area (Å²) in [4.78, 5) is 0. The van der Waals surface area contributed by atoms with Crippen molar-refractivity contribution in [1.29, 1.82) is 0 Å². The van der Waals surface area contributed by atoms with Gasteiger partial charge in [-0.05, 0) is 25.0 Å². The summed E-state index contributed by atoms with van der Waals surface area (Å²) in [6.07, 6.45) is 6.27. The smallest absolute Gasteiger partial charge is 0.122 e. The largest absolute Gasteiger partial charge is 0.489 e. The maximum atomic E-state index is 5.64. The number of hydrogen-bond acceptors (Lipinski definition) is 1. The molecular formula is C13H18O. The lowest BCUT2D eigenvalue weighted by Crippen LogP contribution is -1.97. The van der Waals surface area contributed by atoms with Crippen LogP contribution in [0.5, 0.6) is 5.75 Å². The van der Waals surface area contributed by atoms with E-state index in [9.17, 15) is 0 Å². The van der Waals surface area contributed by atoms with Gasteiger partial charge in [0.1, 0.15) is 12.4 Å². The molecule has 0 unspecified atom stereocenters. The third-order valence-corrected chi connectivity index (χ3v) is 2.06. The summed E-state index contributed by atoms with van der Waals surface area (Å²) >= 11 is 0. The van der Waals surface area contributed by atoms with E-state index in [2.05, 4.69) is 19.1 Å². The van der Waals surface area contributed by atoms with E-state index in [1.807, 2.05) is 31.2 Å². The zero-order valence-corrected chi connectivity index (χ0v) is 8.99. The molecule has 0 radical (unpaired) electrons. The Morgan fingerprint density at radius 3 is 2.79 bits per heavy atom. The van der Waals surface area contributed by atoms with Gasteiger partial charge < -0.3 is 4.74 Å². The molecule has 0 saturated heterocycles. The van der Waals surface area contributed by atoms with Crippen LogP contribution in [0.2, 0.25) is 0 Å². The number of rotatable bonds is 5. The molecule has 1 aromatic carbocycles. The Bertz CT molecular complexity index is 289. The van der Waals surface area contributed by atoms with Crippen LogP contribution < -0.4 is 4.74 Å². The second-order valence-electron chi connectivity index (χ2n) is 3.24. The standard InChI is InChI=1S/C13H18O/c1-3-5-11-14-13-10-7-6-9-12(13)8-4-2/h3,5-7,9-10H,4,8,11H2,1-2H3/b5-3+. The molecule has 0 spiro atoms. The molecule has 0 atom stereocenters. The molecule has 1 aromatic rings. The Hall–Kier alpha value is -1.24. The van der Waals surface area contributed by atoms with Crippen molar-refractivity contribution in [3.05, 3.63) is 42.0 Å². The minimum absolute atomic E-state index is 0.664. The van der Waals surface area contributed by atoms with E-state index >= 15 is 0 Å². The first-order chi connectivity index (χ1) is 6.88. The van der Waals surface area contributed by atoms with Gasteiger partial charge in [-0.3, -0.25) is 0 Å². The molecule has 1 nitrogen and oxygen atoms in total. The number of ether oxygens (including phenoxy) is 1. The van der Waals surface area contributed by atoms with Crippen molar-refractivity contribution in [3.63, 3.8) is 0 Å². The maximum Gasteiger partial charge on any atom is 0.122 e. The lowest BCUT2D eigenvalue weighted by molar-refractivity contribution is 0.358. The van der Waals surface area contributed by atoms with Gasteiger partial charge in [-0.1, -0.05) is 43.7 Å². The van der Waals surface area contributed by atoms with Crippen LogP contribution in [0.4, 0.5) is 0 Å². The lowest BCUT2D eigenvalue weighted by atomic mass is 10.1. The molecule has 0 saturated carbocycles. The monoisotopic (exact) mass is 190 g/mol. The van der Waals surface area contributed by atoms with Crippen LogP contribution in [0.25, 0.3) is 0 Å². The van der Waals surface area contributed by atoms with Crippen LogP contribution in [0.15, 0.2) is 36.4 Å². The zero-order chi connectivity index (χ0) is 10.2. The van der Waals surface area contributed by atoms with E-state index in [1.165, 1.54) is 5.56 Å². The third kappa shape index (κ3) is 3.25. The van der Waals surface area contributed by atoms with Gasteiger partial charge >= 0.3 is 0 Å². The fourth-order valence-electron chi connectivity index (χ4n) is 1.35. The Morgan fingerprint density at radius 1 is 1.29 bits per heavy atom. The molecule has 0 fully saturated rings. The molecule has 0 N–H and O–H groups in total. The summed E-state index contributed by atoms with van der Waals surface area (Å²) in [7, 11) is 0. The van der Waals surface area contributed by atoms with Crippen LogP contribution in [0.1, 0.15) is 25.8 Å². The van der Waals surface area contributed by atoms with E-state index in [0.29, 0.717) is 6.61 Å². The highest BCUT2D eigenvalue weighted by molar-refractivity contribution is 5.33. The Labute approximate surface area is 86.4 Å². The van der Waals surface area contributed by atoms with Gasteiger partial charge in [0.2, 0.25) is 0 Å².